The molecule has 0 saturated carbocycles. The van der Waals surface area contributed by atoms with E-state index in [0.717, 1.165) is 19.5 Å². The summed E-state index contributed by atoms with van der Waals surface area (Å²) >= 11 is 0. The van der Waals surface area contributed by atoms with E-state index in [2.05, 4.69) is 29.2 Å². The summed E-state index contributed by atoms with van der Waals surface area (Å²) in [6.45, 7) is 8.19. The van der Waals surface area contributed by atoms with Gasteiger partial charge in [0, 0.05) is 19.6 Å². The number of amides is 1. The molecule has 0 bridgehead atoms. The van der Waals surface area contributed by atoms with Crippen molar-refractivity contribution in [3.05, 3.63) is 35.4 Å². The average molecular weight is 318 g/mol. The van der Waals surface area contributed by atoms with Gasteiger partial charge >= 0.3 is 6.09 Å². The Morgan fingerprint density at radius 2 is 1.91 bits per heavy atom. The second kappa shape index (κ2) is 6.13. The van der Waals surface area contributed by atoms with Crippen LogP contribution in [0.25, 0.3) is 0 Å². The van der Waals surface area contributed by atoms with Gasteiger partial charge in [-0.1, -0.05) is 24.3 Å². The molecule has 1 fully saturated rings. The summed E-state index contributed by atoms with van der Waals surface area (Å²) in [6, 6.07) is 8.43. The first-order valence-corrected chi connectivity index (χ1v) is 8.30. The van der Waals surface area contributed by atoms with E-state index < -0.39 is 11.7 Å². The van der Waals surface area contributed by atoms with Crippen molar-refractivity contribution in [2.75, 3.05) is 19.6 Å². The number of hydrogen-bond donors (Lipinski definition) is 1. The number of likely N-dealkylation sites (tertiary alicyclic amines) is 1. The molecule has 1 N–H and O–H groups in total. The first-order chi connectivity index (χ1) is 10.8. The predicted octanol–water partition coefficient (Wildman–Crippen LogP) is 2.02. The average Bonchev–Trinajstić information content (AvgIpc) is 2.87. The first kappa shape index (κ1) is 16.3. The van der Waals surface area contributed by atoms with E-state index in [1.54, 1.807) is 4.90 Å². The molecule has 2 atom stereocenters. The van der Waals surface area contributed by atoms with E-state index >= 15 is 0 Å². The van der Waals surface area contributed by atoms with E-state index in [1.165, 1.54) is 11.1 Å². The monoisotopic (exact) mass is 318 g/mol. The summed E-state index contributed by atoms with van der Waals surface area (Å²) in [5.41, 5.74) is 2.20. The lowest BCUT2D eigenvalue weighted by molar-refractivity contribution is 0.0269. The number of hydrogen-bond acceptors (Lipinski definition) is 4. The fourth-order valence-electron chi connectivity index (χ4n) is 3.40. The highest BCUT2D eigenvalue weighted by Crippen LogP contribution is 2.25. The third-order valence-corrected chi connectivity index (χ3v) is 4.54. The topological polar surface area (TPSA) is 53.0 Å². The maximum atomic E-state index is 12.2. The highest BCUT2D eigenvalue weighted by atomic mass is 16.6. The van der Waals surface area contributed by atoms with Crippen molar-refractivity contribution < 1.29 is 14.6 Å². The smallest absolute Gasteiger partial charge is 0.410 e. The van der Waals surface area contributed by atoms with Crippen molar-refractivity contribution in [3.63, 3.8) is 0 Å². The van der Waals surface area contributed by atoms with Crippen LogP contribution in [0.5, 0.6) is 0 Å². The standard InChI is InChI=1S/C18H26N2O3/c1-18(2,3)23-17(22)20-11-15(16(21)12-20)19-9-8-13-6-4-5-7-14(13)10-19/h4-7,15-16,21H,8-12H2,1-3H3/t15-,16+/m0/s1. The second-order valence-corrected chi connectivity index (χ2v) is 7.51. The number of rotatable bonds is 1. The van der Waals surface area contributed by atoms with Gasteiger partial charge < -0.3 is 14.7 Å². The molecule has 1 aromatic rings. The molecule has 2 aliphatic rings. The van der Waals surface area contributed by atoms with E-state index in [4.69, 9.17) is 4.74 Å². The molecule has 1 saturated heterocycles. The quantitative estimate of drug-likeness (QED) is 0.861. The minimum Gasteiger partial charge on any atom is -0.444 e. The first-order valence-electron chi connectivity index (χ1n) is 8.30. The van der Waals surface area contributed by atoms with Gasteiger partial charge in [-0.05, 0) is 38.3 Å². The summed E-state index contributed by atoms with van der Waals surface area (Å²) in [4.78, 5) is 16.1. The fourth-order valence-corrected chi connectivity index (χ4v) is 3.40. The number of ether oxygens (including phenoxy) is 1. The summed E-state index contributed by atoms with van der Waals surface area (Å²) in [5.74, 6) is 0. The molecule has 1 aromatic carbocycles. The zero-order valence-electron chi connectivity index (χ0n) is 14.2. The van der Waals surface area contributed by atoms with Gasteiger partial charge in [-0.2, -0.15) is 0 Å². The third kappa shape index (κ3) is 3.67. The molecule has 0 spiro atoms. The minimum absolute atomic E-state index is 0.0177. The van der Waals surface area contributed by atoms with Crippen molar-refractivity contribution in [1.29, 1.82) is 0 Å². The van der Waals surface area contributed by atoms with Crippen LogP contribution >= 0.6 is 0 Å². The van der Waals surface area contributed by atoms with Gasteiger partial charge in [0.1, 0.15) is 5.60 Å². The van der Waals surface area contributed by atoms with Crippen LogP contribution in [0, 0.1) is 0 Å². The van der Waals surface area contributed by atoms with Crippen molar-refractivity contribution in [1.82, 2.24) is 9.80 Å². The molecule has 0 unspecified atom stereocenters. The fraction of sp³-hybridized carbons (Fsp3) is 0.611. The number of carbonyl (C=O) groups excluding carboxylic acids is 1. The molecule has 5 nitrogen and oxygen atoms in total. The highest BCUT2D eigenvalue weighted by Gasteiger charge is 2.39. The van der Waals surface area contributed by atoms with Crippen LogP contribution < -0.4 is 0 Å². The second-order valence-electron chi connectivity index (χ2n) is 7.51. The van der Waals surface area contributed by atoms with E-state index in [1.807, 2.05) is 20.8 Å². The third-order valence-electron chi connectivity index (χ3n) is 4.54. The van der Waals surface area contributed by atoms with Crippen LogP contribution in [0.2, 0.25) is 0 Å². The van der Waals surface area contributed by atoms with E-state index in [0.29, 0.717) is 13.1 Å². The largest absolute Gasteiger partial charge is 0.444 e. The number of aliphatic hydroxyl groups is 1. The number of fused-ring (bicyclic) bond motifs is 1. The summed E-state index contributed by atoms with van der Waals surface area (Å²) in [6.07, 6.45) is 0.135. The zero-order chi connectivity index (χ0) is 16.6. The maximum Gasteiger partial charge on any atom is 0.410 e. The summed E-state index contributed by atoms with van der Waals surface area (Å²) in [5, 5.41) is 10.4. The minimum atomic E-state index is -0.521. The molecule has 0 radical (unpaired) electrons. The van der Waals surface area contributed by atoms with Gasteiger partial charge in [0.05, 0.1) is 18.7 Å². The van der Waals surface area contributed by atoms with Gasteiger partial charge in [0.15, 0.2) is 0 Å². The number of benzene rings is 1. The molecule has 0 aliphatic carbocycles. The maximum absolute atomic E-state index is 12.2. The molecule has 3 rings (SSSR count). The Morgan fingerprint density at radius 3 is 2.61 bits per heavy atom. The summed E-state index contributed by atoms with van der Waals surface area (Å²) in [7, 11) is 0. The number of nitrogens with zero attached hydrogens (tertiary/aromatic N) is 2. The van der Waals surface area contributed by atoms with Gasteiger partial charge in [-0.25, -0.2) is 4.79 Å². The number of carbonyl (C=O) groups is 1. The van der Waals surface area contributed by atoms with Gasteiger partial charge in [-0.15, -0.1) is 0 Å². The molecule has 1 amide bonds. The molecular weight excluding hydrogens is 292 g/mol. The lowest BCUT2D eigenvalue weighted by Gasteiger charge is -2.34. The Morgan fingerprint density at radius 1 is 1.22 bits per heavy atom. The molecule has 2 aliphatic heterocycles. The SMILES string of the molecule is CC(C)(C)OC(=O)N1C[C@@H](O)[C@@H](N2CCc3ccccc3C2)C1. The van der Waals surface area contributed by atoms with Crippen molar-refractivity contribution in [3.8, 4) is 0 Å². The molecule has 5 heteroatoms. The molecular formula is C18H26N2O3. The Labute approximate surface area is 137 Å². The Hall–Kier alpha value is -1.59. The van der Waals surface area contributed by atoms with Crippen LogP contribution in [0.1, 0.15) is 31.9 Å². The Kier molecular flexibility index (Phi) is 4.34. The zero-order valence-corrected chi connectivity index (χ0v) is 14.2. The van der Waals surface area contributed by atoms with Crippen LogP contribution in [-0.4, -0.2) is 58.4 Å². The molecule has 126 valence electrons. The summed E-state index contributed by atoms with van der Waals surface area (Å²) < 4.78 is 5.42. The normalized spacial score (nSPS) is 25.3. The van der Waals surface area contributed by atoms with E-state index in [-0.39, 0.29) is 12.1 Å². The van der Waals surface area contributed by atoms with Crippen LogP contribution in [0.3, 0.4) is 0 Å². The Bertz CT molecular complexity index is 582. The van der Waals surface area contributed by atoms with Crippen molar-refractivity contribution >= 4 is 6.09 Å². The lowest BCUT2D eigenvalue weighted by atomic mass is 9.98. The lowest BCUT2D eigenvalue weighted by Crippen LogP contribution is -2.46. The highest BCUT2D eigenvalue weighted by molar-refractivity contribution is 5.68. The molecule has 23 heavy (non-hydrogen) atoms. The van der Waals surface area contributed by atoms with Crippen LogP contribution in [0.15, 0.2) is 24.3 Å². The van der Waals surface area contributed by atoms with Gasteiger partial charge in [0.2, 0.25) is 0 Å². The Balaban J connectivity index is 1.65. The molecule has 2 heterocycles. The van der Waals surface area contributed by atoms with Gasteiger partial charge in [0.25, 0.3) is 0 Å². The van der Waals surface area contributed by atoms with Crippen molar-refractivity contribution in [2.45, 2.75) is 51.5 Å². The molecule has 0 aromatic heterocycles. The van der Waals surface area contributed by atoms with Crippen LogP contribution in [-0.2, 0) is 17.7 Å². The number of β-amino-alcohol motifs (C(OH)–C–C–N with tert-alkyl or cyclic N) is 1. The number of aliphatic hydroxyl groups excluding tert-OH is 1. The van der Waals surface area contributed by atoms with Gasteiger partial charge in [-0.3, -0.25) is 4.90 Å². The van der Waals surface area contributed by atoms with Crippen molar-refractivity contribution in [2.24, 2.45) is 0 Å². The van der Waals surface area contributed by atoms with E-state index in [9.17, 15) is 9.90 Å². The van der Waals surface area contributed by atoms with Crippen LogP contribution in [0.4, 0.5) is 4.79 Å². The predicted molar refractivity (Wildman–Crippen MR) is 88.2 cm³/mol.